The first kappa shape index (κ1) is 16.2. The standard InChI is InChI=1S/C18H19N3O3S/c22-16(9-12-10-19-15-4-2-1-3-14(12)15)20-7-5-13(6-8-20)21-17(23)11-25-18(21)24/h1-4,10,13,19H,5-9,11H2. The molecule has 0 spiro atoms. The maximum atomic E-state index is 12.6. The summed E-state index contributed by atoms with van der Waals surface area (Å²) in [7, 11) is 0. The van der Waals surface area contributed by atoms with E-state index in [1.807, 2.05) is 35.4 Å². The normalized spacial score (nSPS) is 19.2. The summed E-state index contributed by atoms with van der Waals surface area (Å²) in [4.78, 5) is 42.7. The smallest absolute Gasteiger partial charge is 0.289 e. The number of thioether (sulfide) groups is 1. The zero-order valence-electron chi connectivity index (χ0n) is 13.7. The molecule has 2 aliphatic rings. The molecule has 25 heavy (non-hydrogen) atoms. The number of nitrogens with one attached hydrogen (secondary N) is 1. The number of rotatable bonds is 3. The Bertz CT molecular complexity index is 823. The van der Waals surface area contributed by atoms with Crippen molar-refractivity contribution in [3.05, 3.63) is 36.0 Å². The summed E-state index contributed by atoms with van der Waals surface area (Å²) < 4.78 is 0. The average molecular weight is 357 g/mol. The molecular formula is C18H19N3O3S. The number of piperidine rings is 1. The summed E-state index contributed by atoms with van der Waals surface area (Å²) in [6.45, 7) is 1.18. The van der Waals surface area contributed by atoms with Gasteiger partial charge in [0.25, 0.3) is 5.24 Å². The van der Waals surface area contributed by atoms with Crippen molar-refractivity contribution in [2.24, 2.45) is 0 Å². The lowest BCUT2D eigenvalue weighted by atomic mass is 10.0. The van der Waals surface area contributed by atoms with Crippen molar-refractivity contribution in [3.8, 4) is 0 Å². The first-order valence-electron chi connectivity index (χ1n) is 8.45. The molecule has 0 atom stereocenters. The van der Waals surface area contributed by atoms with Gasteiger partial charge in [0, 0.05) is 36.2 Å². The molecular weight excluding hydrogens is 338 g/mol. The second-order valence-corrected chi connectivity index (χ2v) is 7.39. The first-order valence-corrected chi connectivity index (χ1v) is 9.43. The Kier molecular flexibility index (Phi) is 4.25. The van der Waals surface area contributed by atoms with Crippen molar-refractivity contribution in [1.29, 1.82) is 0 Å². The molecule has 0 radical (unpaired) electrons. The van der Waals surface area contributed by atoms with Crippen LogP contribution in [0.15, 0.2) is 30.5 Å². The number of para-hydroxylation sites is 1. The van der Waals surface area contributed by atoms with Crippen LogP contribution in [0.3, 0.4) is 0 Å². The molecule has 1 aromatic carbocycles. The number of fused-ring (bicyclic) bond motifs is 1. The van der Waals surface area contributed by atoms with E-state index in [2.05, 4.69) is 4.98 Å². The maximum absolute atomic E-state index is 12.6. The van der Waals surface area contributed by atoms with Gasteiger partial charge >= 0.3 is 0 Å². The predicted octanol–water partition coefficient (Wildman–Crippen LogP) is 2.40. The number of carbonyl (C=O) groups excluding carboxylic acids is 3. The van der Waals surface area contributed by atoms with Crippen LogP contribution >= 0.6 is 11.8 Å². The summed E-state index contributed by atoms with van der Waals surface area (Å²) in [5.74, 6) is 0.244. The van der Waals surface area contributed by atoms with Crippen molar-refractivity contribution in [2.75, 3.05) is 18.8 Å². The average Bonchev–Trinajstić information content (AvgIpc) is 3.19. The van der Waals surface area contributed by atoms with Crippen LogP contribution in [-0.2, 0) is 16.0 Å². The molecule has 7 heteroatoms. The minimum Gasteiger partial charge on any atom is -0.361 e. The molecule has 0 bridgehead atoms. The van der Waals surface area contributed by atoms with E-state index in [9.17, 15) is 14.4 Å². The fourth-order valence-electron chi connectivity index (χ4n) is 3.64. The van der Waals surface area contributed by atoms with E-state index in [0.717, 1.165) is 28.2 Å². The molecule has 2 aliphatic heterocycles. The highest BCUT2D eigenvalue weighted by Gasteiger charge is 2.37. The third kappa shape index (κ3) is 3.04. The van der Waals surface area contributed by atoms with Crippen LogP contribution in [0.1, 0.15) is 18.4 Å². The first-order chi connectivity index (χ1) is 12.1. The lowest BCUT2D eigenvalue weighted by Crippen LogP contribution is -2.48. The van der Waals surface area contributed by atoms with E-state index in [0.29, 0.717) is 32.4 Å². The summed E-state index contributed by atoms with van der Waals surface area (Å²) in [5, 5.41) is 0.935. The fourth-order valence-corrected chi connectivity index (χ4v) is 4.42. The second-order valence-electron chi connectivity index (χ2n) is 6.47. The van der Waals surface area contributed by atoms with Crippen molar-refractivity contribution >= 4 is 39.7 Å². The number of aromatic amines is 1. The quantitative estimate of drug-likeness (QED) is 0.915. The number of amides is 3. The minimum absolute atomic E-state index is 0.0628. The van der Waals surface area contributed by atoms with Crippen LogP contribution in [-0.4, -0.2) is 56.7 Å². The maximum Gasteiger partial charge on any atom is 0.289 e. The molecule has 3 heterocycles. The number of likely N-dealkylation sites (tertiary alicyclic amines) is 1. The zero-order valence-corrected chi connectivity index (χ0v) is 14.6. The number of aromatic nitrogens is 1. The van der Waals surface area contributed by atoms with E-state index in [1.54, 1.807) is 0 Å². The Morgan fingerprint density at radius 1 is 1.20 bits per heavy atom. The van der Waals surface area contributed by atoms with Crippen molar-refractivity contribution in [1.82, 2.24) is 14.8 Å². The number of benzene rings is 1. The predicted molar refractivity (Wildman–Crippen MR) is 96.3 cm³/mol. The summed E-state index contributed by atoms with van der Waals surface area (Å²) in [6, 6.07) is 7.89. The summed E-state index contributed by atoms with van der Waals surface area (Å²) in [6.07, 6.45) is 3.59. The number of imide groups is 1. The Morgan fingerprint density at radius 3 is 2.68 bits per heavy atom. The van der Waals surface area contributed by atoms with E-state index in [4.69, 9.17) is 0 Å². The minimum atomic E-state index is -0.145. The second kappa shape index (κ2) is 6.55. The Hall–Kier alpha value is -2.28. The van der Waals surface area contributed by atoms with Crippen molar-refractivity contribution < 1.29 is 14.4 Å². The highest BCUT2D eigenvalue weighted by atomic mass is 32.2. The van der Waals surface area contributed by atoms with Gasteiger partial charge in [-0.2, -0.15) is 0 Å². The van der Waals surface area contributed by atoms with Gasteiger partial charge in [0.2, 0.25) is 11.8 Å². The highest BCUT2D eigenvalue weighted by Crippen LogP contribution is 2.27. The van der Waals surface area contributed by atoms with Gasteiger partial charge in [-0.3, -0.25) is 19.3 Å². The van der Waals surface area contributed by atoms with Crippen LogP contribution in [0.5, 0.6) is 0 Å². The molecule has 130 valence electrons. The Labute approximate surface area is 149 Å². The molecule has 0 aliphatic carbocycles. The van der Waals surface area contributed by atoms with Gasteiger partial charge in [-0.15, -0.1) is 0 Å². The molecule has 6 nitrogen and oxygen atoms in total. The molecule has 1 aromatic heterocycles. The lowest BCUT2D eigenvalue weighted by molar-refractivity contribution is -0.132. The topological polar surface area (TPSA) is 73.5 Å². The van der Waals surface area contributed by atoms with Gasteiger partial charge < -0.3 is 9.88 Å². The van der Waals surface area contributed by atoms with E-state index in [1.165, 1.54) is 4.90 Å². The molecule has 3 amide bonds. The van der Waals surface area contributed by atoms with Crippen LogP contribution in [0.4, 0.5) is 4.79 Å². The monoisotopic (exact) mass is 357 g/mol. The molecule has 4 rings (SSSR count). The van der Waals surface area contributed by atoms with Crippen molar-refractivity contribution in [2.45, 2.75) is 25.3 Å². The molecule has 2 saturated heterocycles. The number of hydrogen-bond acceptors (Lipinski definition) is 4. The van der Waals surface area contributed by atoms with E-state index < -0.39 is 0 Å². The summed E-state index contributed by atoms with van der Waals surface area (Å²) in [5.41, 5.74) is 2.04. The summed E-state index contributed by atoms with van der Waals surface area (Å²) >= 11 is 1.07. The van der Waals surface area contributed by atoms with Crippen LogP contribution in [0.25, 0.3) is 10.9 Å². The van der Waals surface area contributed by atoms with Gasteiger partial charge in [-0.05, 0) is 24.5 Å². The van der Waals surface area contributed by atoms with Gasteiger partial charge in [0.05, 0.1) is 12.2 Å². The third-order valence-corrected chi connectivity index (χ3v) is 5.82. The lowest BCUT2D eigenvalue weighted by Gasteiger charge is -2.35. The number of nitrogens with zero attached hydrogens (tertiary/aromatic N) is 2. The molecule has 1 N–H and O–H groups in total. The molecule has 0 saturated carbocycles. The fraction of sp³-hybridized carbons (Fsp3) is 0.389. The van der Waals surface area contributed by atoms with Gasteiger partial charge in [0.15, 0.2) is 0 Å². The SMILES string of the molecule is O=C(Cc1c[nH]c2ccccc12)N1CCC(N2C(=O)CSC2=O)CC1. The van der Waals surface area contributed by atoms with Crippen LogP contribution in [0.2, 0.25) is 0 Å². The zero-order chi connectivity index (χ0) is 17.4. The molecule has 2 fully saturated rings. The van der Waals surface area contributed by atoms with Gasteiger partial charge in [-0.1, -0.05) is 30.0 Å². The molecule has 0 unspecified atom stereocenters. The van der Waals surface area contributed by atoms with Gasteiger partial charge in [0.1, 0.15) is 0 Å². The number of carbonyl (C=O) groups is 3. The van der Waals surface area contributed by atoms with Crippen LogP contribution in [0, 0.1) is 0 Å². The Morgan fingerprint density at radius 2 is 1.96 bits per heavy atom. The van der Waals surface area contributed by atoms with Gasteiger partial charge in [-0.25, -0.2) is 0 Å². The largest absolute Gasteiger partial charge is 0.361 e. The number of H-pyrrole nitrogens is 1. The molecule has 2 aromatic rings. The van der Waals surface area contributed by atoms with Crippen molar-refractivity contribution in [3.63, 3.8) is 0 Å². The number of hydrogen-bond donors (Lipinski definition) is 1. The third-order valence-electron chi connectivity index (χ3n) is 4.98. The Balaban J connectivity index is 1.38. The van der Waals surface area contributed by atoms with E-state index in [-0.39, 0.29) is 28.8 Å². The highest BCUT2D eigenvalue weighted by molar-refractivity contribution is 8.14. The van der Waals surface area contributed by atoms with E-state index >= 15 is 0 Å². The van der Waals surface area contributed by atoms with Crippen LogP contribution < -0.4 is 0 Å².